The molecule has 1 amide bonds. The summed E-state index contributed by atoms with van der Waals surface area (Å²) in [6.45, 7) is 3.58. The van der Waals surface area contributed by atoms with Crippen LogP contribution in [0.4, 0.5) is 0 Å². The lowest BCUT2D eigenvalue weighted by Gasteiger charge is -2.03. The lowest BCUT2D eigenvalue weighted by atomic mass is 10.1. The third-order valence-corrected chi connectivity index (χ3v) is 3.44. The lowest BCUT2D eigenvalue weighted by Crippen LogP contribution is -2.28. The van der Waals surface area contributed by atoms with E-state index in [-0.39, 0.29) is 18.7 Å². The van der Waals surface area contributed by atoms with E-state index >= 15 is 0 Å². The molecular formula is C16H18N4O3. The number of hydrogen-bond acceptors (Lipinski definition) is 4. The molecule has 0 fully saturated rings. The molecule has 0 spiro atoms. The number of aryl methyl sites for hydroxylation is 2. The second-order valence-corrected chi connectivity index (χ2v) is 5.16. The molecule has 23 heavy (non-hydrogen) atoms. The van der Waals surface area contributed by atoms with E-state index in [9.17, 15) is 14.4 Å². The van der Waals surface area contributed by atoms with E-state index < -0.39 is 11.2 Å². The second kappa shape index (κ2) is 7.35. The van der Waals surface area contributed by atoms with E-state index in [0.29, 0.717) is 11.3 Å². The summed E-state index contributed by atoms with van der Waals surface area (Å²) in [7, 11) is 0. The van der Waals surface area contributed by atoms with Crippen molar-refractivity contribution in [3.05, 3.63) is 67.5 Å². The van der Waals surface area contributed by atoms with Crippen molar-refractivity contribution in [1.29, 1.82) is 0 Å². The van der Waals surface area contributed by atoms with Crippen LogP contribution in [-0.2, 0) is 11.2 Å². The first-order valence-electron chi connectivity index (χ1n) is 7.17. The zero-order valence-corrected chi connectivity index (χ0v) is 13.0. The van der Waals surface area contributed by atoms with Crippen LogP contribution in [0.1, 0.15) is 28.8 Å². The molecule has 0 bridgehead atoms. The highest BCUT2D eigenvalue weighted by Gasteiger charge is 2.08. The molecule has 0 radical (unpaired) electrons. The van der Waals surface area contributed by atoms with E-state index in [1.165, 1.54) is 0 Å². The molecule has 0 aliphatic heterocycles. The van der Waals surface area contributed by atoms with Gasteiger partial charge in [0.15, 0.2) is 0 Å². The Morgan fingerprint density at radius 3 is 2.65 bits per heavy atom. The van der Waals surface area contributed by atoms with Crippen LogP contribution in [-0.4, -0.2) is 22.1 Å². The molecular weight excluding hydrogens is 296 g/mol. The number of carbonyl (C=O) groups excluding carboxylic acids is 1. The van der Waals surface area contributed by atoms with Crippen LogP contribution in [0.2, 0.25) is 0 Å². The fraction of sp³-hybridized carbons (Fsp3) is 0.250. The van der Waals surface area contributed by atoms with Gasteiger partial charge in [0.25, 0.3) is 5.56 Å². The Morgan fingerprint density at radius 1 is 1.22 bits per heavy atom. The average molecular weight is 314 g/mol. The summed E-state index contributed by atoms with van der Waals surface area (Å²) < 4.78 is 0. The van der Waals surface area contributed by atoms with E-state index in [4.69, 9.17) is 0 Å². The number of hydrogen-bond donors (Lipinski definition) is 3. The highest BCUT2D eigenvalue weighted by Crippen LogP contribution is 2.03. The minimum Gasteiger partial charge on any atom is -0.311 e. The van der Waals surface area contributed by atoms with Gasteiger partial charge in [-0.3, -0.25) is 14.6 Å². The molecule has 0 aliphatic carbocycles. The van der Waals surface area contributed by atoms with Gasteiger partial charge in [-0.15, -0.1) is 0 Å². The number of aromatic amines is 2. The minimum absolute atomic E-state index is 0.0983. The fourth-order valence-corrected chi connectivity index (χ4v) is 2.13. The molecule has 1 aromatic carbocycles. The van der Waals surface area contributed by atoms with Crippen LogP contribution in [0.5, 0.6) is 0 Å². The lowest BCUT2D eigenvalue weighted by molar-refractivity contribution is -0.121. The number of rotatable bonds is 5. The predicted molar refractivity (Wildman–Crippen MR) is 87.7 cm³/mol. The summed E-state index contributed by atoms with van der Waals surface area (Å²) in [5, 5.41) is 3.91. The molecule has 0 saturated carbocycles. The van der Waals surface area contributed by atoms with E-state index in [1.54, 1.807) is 13.1 Å². The molecule has 3 N–H and O–H groups in total. The largest absolute Gasteiger partial charge is 0.325 e. The number of hydrazone groups is 1. The van der Waals surface area contributed by atoms with Gasteiger partial charge in [-0.05, 0) is 31.4 Å². The molecule has 1 aromatic heterocycles. The first kappa shape index (κ1) is 16.4. The topological polar surface area (TPSA) is 107 Å². The Hall–Kier alpha value is -2.96. The van der Waals surface area contributed by atoms with Crippen molar-refractivity contribution in [2.75, 3.05) is 0 Å². The predicted octanol–water partition coefficient (Wildman–Crippen LogP) is 0.763. The van der Waals surface area contributed by atoms with Crippen LogP contribution in [0, 0.1) is 13.8 Å². The van der Waals surface area contributed by atoms with Gasteiger partial charge in [-0.25, -0.2) is 10.2 Å². The second-order valence-electron chi connectivity index (χ2n) is 5.16. The molecule has 7 nitrogen and oxygen atoms in total. The van der Waals surface area contributed by atoms with Crippen molar-refractivity contribution in [3.8, 4) is 0 Å². The Bertz CT molecular complexity index is 849. The van der Waals surface area contributed by atoms with Gasteiger partial charge >= 0.3 is 5.69 Å². The Morgan fingerprint density at radius 2 is 1.96 bits per heavy atom. The smallest absolute Gasteiger partial charge is 0.311 e. The molecule has 1 heterocycles. The number of H-pyrrole nitrogens is 2. The zero-order chi connectivity index (χ0) is 16.8. The first-order chi connectivity index (χ1) is 11.0. The van der Waals surface area contributed by atoms with Gasteiger partial charge < -0.3 is 4.98 Å². The third kappa shape index (κ3) is 4.50. The zero-order valence-electron chi connectivity index (χ0n) is 13.0. The summed E-state index contributed by atoms with van der Waals surface area (Å²) in [5.74, 6) is -0.306. The monoisotopic (exact) mass is 314 g/mol. The number of aromatic nitrogens is 2. The Kier molecular flexibility index (Phi) is 5.24. The van der Waals surface area contributed by atoms with Crippen molar-refractivity contribution in [1.82, 2.24) is 15.4 Å². The Balaban J connectivity index is 1.93. The van der Waals surface area contributed by atoms with E-state index in [2.05, 4.69) is 20.5 Å². The molecule has 2 aromatic rings. The van der Waals surface area contributed by atoms with E-state index in [1.807, 2.05) is 31.2 Å². The number of nitrogens with zero attached hydrogens (tertiary/aromatic N) is 1. The van der Waals surface area contributed by atoms with Crippen molar-refractivity contribution < 1.29 is 4.79 Å². The van der Waals surface area contributed by atoms with Gasteiger partial charge in [0.1, 0.15) is 0 Å². The van der Waals surface area contributed by atoms with Crippen LogP contribution in [0.25, 0.3) is 0 Å². The standard InChI is InChI=1S/C16H18N4O3/c1-10-5-3-4-6-12(10)9-17-20-14(21)8-7-13-11(2)18-16(23)19-15(13)22/h3-6,9H,7-8H2,1-2H3,(H,20,21)(H2,18,19,22,23)/b17-9+. The highest BCUT2D eigenvalue weighted by atomic mass is 16.2. The quantitative estimate of drug-likeness (QED) is 0.560. The Labute approximate surface area is 132 Å². The molecule has 2 rings (SSSR count). The van der Waals surface area contributed by atoms with Crippen molar-refractivity contribution in [2.45, 2.75) is 26.7 Å². The molecule has 7 heteroatoms. The highest BCUT2D eigenvalue weighted by molar-refractivity contribution is 5.83. The van der Waals surface area contributed by atoms with Gasteiger partial charge in [0.05, 0.1) is 6.21 Å². The summed E-state index contributed by atoms with van der Waals surface area (Å²) in [4.78, 5) is 39.2. The van der Waals surface area contributed by atoms with Crippen LogP contribution in [0.3, 0.4) is 0 Å². The maximum Gasteiger partial charge on any atom is 0.325 e. The summed E-state index contributed by atoms with van der Waals surface area (Å²) >= 11 is 0. The molecule has 120 valence electrons. The van der Waals surface area contributed by atoms with Crippen molar-refractivity contribution >= 4 is 12.1 Å². The maximum absolute atomic E-state index is 11.8. The van der Waals surface area contributed by atoms with Crippen molar-refractivity contribution in [2.24, 2.45) is 5.10 Å². The van der Waals surface area contributed by atoms with Crippen LogP contribution < -0.4 is 16.7 Å². The normalized spacial score (nSPS) is 10.9. The number of amides is 1. The van der Waals surface area contributed by atoms with Crippen LogP contribution >= 0.6 is 0 Å². The molecule has 0 atom stereocenters. The minimum atomic E-state index is -0.552. The molecule has 0 saturated heterocycles. The van der Waals surface area contributed by atoms with Gasteiger partial charge in [-0.2, -0.15) is 5.10 Å². The number of nitrogens with one attached hydrogen (secondary N) is 3. The fourth-order valence-electron chi connectivity index (χ4n) is 2.13. The SMILES string of the molecule is Cc1ccccc1/C=N/NC(=O)CCc1c(C)[nH]c(=O)[nH]c1=O. The summed E-state index contributed by atoms with van der Waals surface area (Å²) in [6.07, 6.45) is 1.90. The molecule has 0 aliphatic rings. The van der Waals surface area contributed by atoms with Gasteiger partial charge in [-0.1, -0.05) is 24.3 Å². The average Bonchev–Trinajstić information content (AvgIpc) is 2.48. The first-order valence-corrected chi connectivity index (χ1v) is 7.17. The summed E-state index contributed by atoms with van der Waals surface area (Å²) in [6, 6.07) is 7.67. The number of carbonyl (C=O) groups is 1. The third-order valence-electron chi connectivity index (χ3n) is 3.44. The maximum atomic E-state index is 11.8. The number of benzene rings is 1. The van der Waals surface area contributed by atoms with Crippen molar-refractivity contribution in [3.63, 3.8) is 0 Å². The van der Waals surface area contributed by atoms with Gasteiger partial charge in [0, 0.05) is 17.7 Å². The summed E-state index contributed by atoms with van der Waals surface area (Å²) in [5.41, 5.74) is 4.24. The van der Waals surface area contributed by atoms with Gasteiger partial charge in [0.2, 0.25) is 5.91 Å². The van der Waals surface area contributed by atoms with E-state index in [0.717, 1.165) is 11.1 Å². The van der Waals surface area contributed by atoms with Crippen LogP contribution in [0.15, 0.2) is 39.0 Å². The molecule has 0 unspecified atom stereocenters.